The fraction of sp³-hybridized carbons (Fsp3) is 1.00. The van der Waals surface area contributed by atoms with Crippen LogP contribution in [0.2, 0.25) is 0 Å². The zero-order valence-electron chi connectivity index (χ0n) is 35.2. The maximum absolute atomic E-state index is 3.96. The summed E-state index contributed by atoms with van der Waals surface area (Å²) in [5.74, 6) is 0. The molecule has 0 aromatic carbocycles. The SMILES string of the molecule is CCCCCCCCCCC1(CCCCCCCCCC)NN1CCCCN1NC1(CCCCCCCCCC)CCCCCCCCCC. The second-order valence-corrected chi connectivity index (χ2v) is 17.2. The molecule has 2 aliphatic rings. The van der Waals surface area contributed by atoms with Crippen molar-refractivity contribution in [1.29, 1.82) is 0 Å². The lowest BCUT2D eigenvalue weighted by molar-refractivity contribution is 0.313. The zero-order chi connectivity index (χ0) is 35.9. The van der Waals surface area contributed by atoms with Crippen molar-refractivity contribution in [2.24, 2.45) is 0 Å². The highest BCUT2D eigenvalue weighted by molar-refractivity contribution is 4.99. The third kappa shape index (κ3) is 22.1. The number of nitrogens with one attached hydrogen (secondary N) is 2. The summed E-state index contributed by atoms with van der Waals surface area (Å²) in [5.41, 5.74) is 8.58. The second-order valence-electron chi connectivity index (χ2n) is 17.2. The molecule has 2 saturated heterocycles. The summed E-state index contributed by atoms with van der Waals surface area (Å²) >= 11 is 0. The first kappa shape index (κ1) is 46.0. The highest BCUT2D eigenvalue weighted by Crippen LogP contribution is 2.38. The Morgan fingerprint density at radius 1 is 0.260 bits per heavy atom. The summed E-state index contributed by atoms with van der Waals surface area (Å²) < 4.78 is 0. The second kappa shape index (κ2) is 31.2. The van der Waals surface area contributed by atoms with Crippen LogP contribution < -0.4 is 10.9 Å². The first-order chi connectivity index (χ1) is 24.7. The minimum atomic E-state index is 0.333. The standard InChI is InChI=1S/C46H94N4/c1-5-9-13-17-21-25-29-33-39-45(40-34-30-26-22-18-14-10-6-2)47-49(45)43-37-38-44-50-46(48-50,41-35-31-27-23-19-15-11-7-3)42-36-32-28-24-20-16-12-8-4/h47-48H,5-44H2,1-4H3. The Morgan fingerprint density at radius 3 is 0.680 bits per heavy atom. The van der Waals surface area contributed by atoms with Gasteiger partial charge in [0.2, 0.25) is 0 Å². The summed E-state index contributed by atoms with van der Waals surface area (Å²) in [6.07, 6.45) is 53.8. The van der Waals surface area contributed by atoms with E-state index in [0.717, 1.165) is 0 Å². The third-order valence-corrected chi connectivity index (χ3v) is 12.4. The van der Waals surface area contributed by atoms with Gasteiger partial charge in [0, 0.05) is 13.1 Å². The van der Waals surface area contributed by atoms with Crippen LogP contribution in [0.3, 0.4) is 0 Å². The smallest absolute Gasteiger partial charge is 0.0974 e. The van der Waals surface area contributed by atoms with Crippen LogP contribution in [0.4, 0.5) is 0 Å². The minimum absolute atomic E-state index is 0.333. The molecule has 0 saturated carbocycles. The third-order valence-electron chi connectivity index (χ3n) is 12.4. The molecule has 0 aliphatic carbocycles. The molecule has 298 valence electrons. The van der Waals surface area contributed by atoms with E-state index in [1.807, 2.05) is 0 Å². The van der Waals surface area contributed by atoms with Crippen molar-refractivity contribution in [2.45, 2.75) is 283 Å². The predicted molar refractivity (Wildman–Crippen MR) is 223 cm³/mol. The van der Waals surface area contributed by atoms with Crippen LogP contribution in [-0.4, -0.2) is 34.4 Å². The molecule has 0 spiro atoms. The van der Waals surface area contributed by atoms with Gasteiger partial charge in [0.05, 0.1) is 11.3 Å². The van der Waals surface area contributed by atoms with Crippen LogP contribution in [0.1, 0.15) is 272 Å². The highest BCUT2D eigenvalue weighted by atomic mass is 15.8. The molecule has 0 aromatic rings. The van der Waals surface area contributed by atoms with Crippen LogP contribution in [0, 0.1) is 0 Å². The minimum Gasteiger partial charge on any atom is -0.232 e. The van der Waals surface area contributed by atoms with Gasteiger partial charge in [-0.3, -0.25) is 0 Å². The number of unbranched alkanes of at least 4 members (excludes halogenated alkanes) is 29. The average Bonchev–Trinajstić information content (AvgIpc) is 4.02. The maximum Gasteiger partial charge on any atom is 0.0974 e. The van der Waals surface area contributed by atoms with Crippen molar-refractivity contribution in [3.63, 3.8) is 0 Å². The Kier molecular flexibility index (Phi) is 28.7. The molecule has 0 radical (unpaired) electrons. The van der Waals surface area contributed by atoms with Gasteiger partial charge in [-0.05, 0) is 38.5 Å². The number of hydrazine groups is 2. The van der Waals surface area contributed by atoms with E-state index in [1.54, 1.807) is 0 Å². The van der Waals surface area contributed by atoms with Crippen LogP contribution in [0.25, 0.3) is 0 Å². The van der Waals surface area contributed by atoms with Crippen LogP contribution in [0.5, 0.6) is 0 Å². The van der Waals surface area contributed by atoms with Crippen LogP contribution >= 0.6 is 0 Å². The molecule has 2 aliphatic heterocycles. The molecule has 4 nitrogen and oxygen atoms in total. The van der Waals surface area contributed by atoms with E-state index in [1.165, 1.54) is 257 Å². The van der Waals surface area contributed by atoms with Gasteiger partial charge in [0.25, 0.3) is 0 Å². The molecular weight excluding hydrogens is 609 g/mol. The van der Waals surface area contributed by atoms with Crippen molar-refractivity contribution in [1.82, 2.24) is 20.9 Å². The Balaban J connectivity index is 1.71. The predicted octanol–water partition coefficient (Wildman–Crippen LogP) is 14.9. The first-order valence-electron chi connectivity index (χ1n) is 23.8. The quantitative estimate of drug-likeness (QED) is 0.0492. The molecule has 2 rings (SSSR count). The van der Waals surface area contributed by atoms with E-state index >= 15 is 0 Å². The van der Waals surface area contributed by atoms with Gasteiger partial charge in [0.15, 0.2) is 0 Å². The molecule has 0 bridgehead atoms. The lowest BCUT2D eigenvalue weighted by Crippen LogP contribution is -2.22. The topological polar surface area (TPSA) is 49.9 Å². The van der Waals surface area contributed by atoms with Crippen LogP contribution in [0.15, 0.2) is 0 Å². The van der Waals surface area contributed by atoms with Crippen molar-refractivity contribution >= 4 is 0 Å². The van der Waals surface area contributed by atoms with E-state index in [-0.39, 0.29) is 0 Å². The molecule has 2 unspecified atom stereocenters. The van der Waals surface area contributed by atoms with Gasteiger partial charge in [-0.1, -0.05) is 233 Å². The normalized spacial score (nSPS) is 19.0. The lowest BCUT2D eigenvalue weighted by atomic mass is 9.97. The molecular formula is C46H94N4. The van der Waals surface area contributed by atoms with Crippen molar-refractivity contribution < 1.29 is 0 Å². The van der Waals surface area contributed by atoms with E-state index in [9.17, 15) is 0 Å². The van der Waals surface area contributed by atoms with Gasteiger partial charge in [-0.2, -0.15) is 0 Å². The van der Waals surface area contributed by atoms with E-state index < -0.39 is 0 Å². The molecule has 0 amide bonds. The van der Waals surface area contributed by atoms with Crippen molar-refractivity contribution in [3.8, 4) is 0 Å². The van der Waals surface area contributed by atoms with Gasteiger partial charge in [0.1, 0.15) is 0 Å². The molecule has 2 heterocycles. The fourth-order valence-corrected chi connectivity index (χ4v) is 8.75. The lowest BCUT2D eigenvalue weighted by Gasteiger charge is -2.17. The van der Waals surface area contributed by atoms with Gasteiger partial charge >= 0.3 is 0 Å². The fourth-order valence-electron chi connectivity index (χ4n) is 8.75. The number of nitrogens with zero attached hydrogens (tertiary/aromatic N) is 2. The Bertz CT molecular complexity index is 625. The summed E-state index contributed by atoms with van der Waals surface area (Å²) in [6.45, 7) is 11.8. The van der Waals surface area contributed by atoms with Crippen molar-refractivity contribution in [2.75, 3.05) is 13.1 Å². The molecule has 2 N–H and O–H groups in total. The first-order valence-corrected chi connectivity index (χ1v) is 23.8. The number of rotatable bonds is 41. The summed E-state index contributed by atoms with van der Waals surface area (Å²) in [6, 6.07) is 0. The van der Waals surface area contributed by atoms with E-state index in [0.29, 0.717) is 11.3 Å². The molecule has 50 heavy (non-hydrogen) atoms. The van der Waals surface area contributed by atoms with Crippen LogP contribution in [-0.2, 0) is 0 Å². The molecule has 4 heteroatoms. The number of hydrogen-bond donors (Lipinski definition) is 2. The summed E-state index contributed by atoms with van der Waals surface area (Å²) in [4.78, 5) is 0. The van der Waals surface area contributed by atoms with Gasteiger partial charge in [-0.15, -0.1) is 0 Å². The Labute approximate surface area is 316 Å². The maximum atomic E-state index is 3.96. The zero-order valence-corrected chi connectivity index (χ0v) is 35.2. The van der Waals surface area contributed by atoms with Gasteiger partial charge in [-0.25, -0.2) is 20.9 Å². The summed E-state index contributed by atoms with van der Waals surface area (Å²) in [5, 5.41) is 5.36. The Morgan fingerprint density at radius 2 is 0.460 bits per heavy atom. The van der Waals surface area contributed by atoms with E-state index in [4.69, 9.17) is 0 Å². The largest absolute Gasteiger partial charge is 0.232 e. The van der Waals surface area contributed by atoms with E-state index in [2.05, 4.69) is 48.6 Å². The highest BCUT2D eigenvalue weighted by Gasteiger charge is 2.51. The average molecular weight is 703 g/mol. The summed E-state index contributed by atoms with van der Waals surface area (Å²) in [7, 11) is 0. The van der Waals surface area contributed by atoms with Gasteiger partial charge < -0.3 is 0 Å². The Hall–Kier alpha value is -0.160. The van der Waals surface area contributed by atoms with Crippen molar-refractivity contribution in [3.05, 3.63) is 0 Å². The number of hydrogen-bond acceptors (Lipinski definition) is 4. The monoisotopic (exact) mass is 703 g/mol. The molecule has 2 fully saturated rings. The molecule has 0 aromatic heterocycles. The molecule has 2 atom stereocenters.